The van der Waals surface area contributed by atoms with E-state index in [-0.39, 0.29) is 11.5 Å². The van der Waals surface area contributed by atoms with Gasteiger partial charge in [-0.05, 0) is 13.0 Å². The van der Waals surface area contributed by atoms with Crippen molar-refractivity contribution in [2.24, 2.45) is 0 Å². The Labute approximate surface area is 93.1 Å². The number of nitrogens with two attached hydrogens (primary N) is 1. The van der Waals surface area contributed by atoms with Gasteiger partial charge >= 0.3 is 5.97 Å². The summed E-state index contributed by atoms with van der Waals surface area (Å²) in [6, 6.07) is 0. The lowest BCUT2D eigenvalue weighted by Gasteiger charge is -2.02. The van der Waals surface area contributed by atoms with E-state index < -0.39 is 5.97 Å². The highest BCUT2D eigenvalue weighted by atomic mass is 16.5. The van der Waals surface area contributed by atoms with Gasteiger partial charge in [-0.2, -0.15) is 0 Å². The van der Waals surface area contributed by atoms with E-state index in [1.165, 1.54) is 19.6 Å². The third-order valence-electron chi connectivity index (χ3n) is 1.70. The Hall–Kier alpha value is -2.11. The number of nitrogen functional groups attached to an aromatic ring is 1. The van der Waals surface area contributed by atoms with E-state index in [1.54, 1.807) is 6.08 Å². The molecule has 1 aromatic rings. The third-order valence-corrected chi connectivity index (χ3v) is 1.70. The average Bonchev–Trinajstić information content (AvgIpc) is 2.29. The molecule has 1 aromatic heterocycles. The molecule has 0 saturated carbocycles. The molecule has 0 unspecified atom stereocenters. The van der Waals surface area contributed by atoms with Crippen molar-refractivity contribution in [3.8, 4) is 0 Å². The highest BCUT2D eigenvalue weighted by molar-refractivity contribution is 5.91. The first-order valence-corrected chi connectivity index (χ1v) is 4.68. The molecular formula is C10H13N3O3. The van der Waals surface area contributed by atoms with Gasteiger partial charge in [-0.1, -0.05) is 0 Å². The quantitative estimate of drug-likeness (QED) is 0.601. The van der Waals surface area contributed by atoms with E-state index in [9.17, 15) is 4.79 Å². The van der Waals surface area contributed by atoms with E-state index in [2.05, 4.69) is 14.7 Å². The van der Waals surface area contributed by atoms with E-state index in [0.29, 0.717) is 12.3 Å². The molecule has 0 aliphatic rings. The van der Waals surface area contributed by atoms with Gasteiger partial charge in [0.1, 0.15) is 0 Å². The maximum absolute atomic E-state index is 11.2. The number of carbonyl (C=O) groups excluding carboxylic acids is 1. The zero-order valence-electron chi connectivity index (χ0n) is 9.14. The van der Waals surface area contributed by atoms with Crippen LogP contribution < -0.4 is 5.73 Å². The number of nitrogens with zero attached hydrogens (tertiary/aromatic N) is 2. The van der Waals surface area contributed by atoms with Crippen molar-refractivity contribution in [1.29, 1.82) is 0 Å². The van der Waals surface area contributed by atoms with Gasteiger partial charge in [0.05, 0.1) is 31.9 Å². The minimum atomic E-state index is -0.606. The van der Waals surface area contributed by atoms with Gasteiger partial charge in [0.15, 0.2) is 11.5 Å². The first kappa shape index (κ1) is 12.0. The fourth-order valence-corrected chi connectivity index (χ4v) is 0.966. The largest absolute Gasteiger partial charge is 0.501 e. The molecule has 0 radical (unpaired) electrons. The lowest BCUT2D eigenvalue weighted by Crippen LogP contribution is -2.10. The highest BCUT2D eigenvalue weighted by Crippen LogP contribution is 2.08. The van der Waals surface area contributed by atoms with Crippen molar-refractivity contribution in [3.63, 3.8) is 0 Å². The lowest BCUT2D eigenvalue weighted by molar-refractivity contribution is 0.0595. The fraction of sp³-hybridized carbons (Fsp3) is 0.300. The van der Waals surface area contributed by atoms with Crippen LogP contribution >= 0.6 is 0 Å². The monoisotopic (exact) mass is 223 g/mol. The molecule has 0 bridgehead atoms. The van der Waals surface area contributed by atoms with Crippen LogP contribution in [0.4, 0.5) is 5.82 Å². The summed E-state index contributed by atoms with van der Waals surface area (Å²) < 4.78 is 9.49. The molecule has 6 nitrogen and oxygen atoms in total. The van der Waals surface area contributed by atoms with Gasteiger partial charge in [-0.15, -0.1) is 0 Å². The molecule has 0 aliphatic heterocycles. The Morgan fingerprint density at radius 1 is 1.62 bits per heavy atom. The van der Waals surface area contributed by atoms with Crippen molar-refractivity contribution in [1.82, 2.24) is 9.97 Å². The molecule has 0 atom stereocenters. The maximum Gasteiger partial charge on any atom is 0.360 e. The molecule has 0 aromatic carbocycles. The van der Waals surface area contributed by atoms with Gasteiger partial charge in [-0.3, -0.25) is 0 Å². The lowest BCUT2D eigenvalue weighted by atomic mass is 10.3. The fourth-order valence-electron chi connectivity index (χ4n) is 0.966. The molecule has 1 heterocycles. The Balaban J connectivity index is 2.86. The van der Waals surface area contributed by atoms with Crippen molar-refractivity contribution in [2.75, 3.05) is 19.5 Å². The van der Waals surface area contributed by atoms with Crippen molar-refractivity contribution in [3.05, 3.63) is 23.8 Å². The van der Waals surface area contributed by atoms with E-state index in [4.69, 9.17) is 10.5 Å². The normalized spacial score (nSPS) is 10.4. The third kappa shape index (κ3) is 2.94. The zero-order chi connectivity index (χ0) is 12.0. The number of methoxy groups -OCH3 is 1. The number of hydrogen-bond acceptors (Lipinski definition) is 6. The van der Waals surface area contributed by atoms with Gasteiger partial charge < -0.3 is 15.2 Å². The highest BCUT2D eigenvalue weighted by Gasteiger charge is 2.12. The summed E-state index contributed by atoms with van der Waals surface area (Å²) in [5.41, 5.74) is 6.08. The van der Waals surface area contributed by atoms with Gasteiger partial charge in [0.25, 0.3) is 0 Å². The Kier molecular flexibility index (Phi) is 4.26. The molecule has 86 valence electrons. The van der Waals surface area contributed by atoms with Gasteiger partial charge in [0, 0.05) is 0 Å². The number of carbonyl (C=O) groups is 1. The summed E-state index contributed by atoms with van der Waals surface area (Å²) in [6.45, 7) is 2.43. The maximum atomic E-state index is 11.2. The second-order valence-corrected chi connectivity index (χ2v) is 2.78. The number of anilines is 1. The summed E-state index contributed by atoms with van der Waals surface area (Å²) >= 11 is 0. The number of hydrogen-bond donors (Lipinski definition) is 1. The molecule has 16 heavy (non-hydrogen) atoms. The van der Waals surface area contributed by atoms with Crippen LogP contribution in [0.1, 0.15) is 23.1 Å². The van der Waals surface area contributed by atoms with Crippen LogP contribution in [0.3, 0.4) is 0 Å². The van der Waals surface area contributed by atoms with Crippen LogP contribution in [0, 0.1) is 0 Å². The van der Waals surface area contributed by atoms with Crippen molar-refractivity contribution < 1.29 is 14.3 Å². The summed E-state index contributed by atoms with van der Waals surface area (Å²) in [5, 5.41) is 0. The molecule has 2 N–H and O–H groups in total. The molecule has 6 heteroatoms. The Morgan fingerprint density at radius 2 is 2.38 bits per heavy atom. The number of ether oxygens (including phenoxy) is 2. The molecule has 0 aliphatic carbocycles. The van der Waals surface area contributed by atoms with Gasteiger partial charge in [-0.25, -0.2) is 14.8 Å². The molecule has 0 spiro atoms. The van der Waals surface area contributed by atoms with Crippen LogP contribution in [0.2, 0.25) is 0 Å². The summed E-state index contributed by atoms with van der Waals surface area (Å²) in [5.74, 6) is -0.573. The Morgan fingerprint density at radius 3 is 2.94 bits per heavy atom. The second kappa shape index (κ2) is 5.69. The number of aromatic nitrogens is 2. The average molecular weight is 223 g/mol. The zero-order valence-corrected chi connectivity index (χ0v) is 9.14. The number of rotatable bonds is 4. The summed E-state index contributed by atoms with van der Waals surface area (Å²) in [4.78, 5) is 19.0. The van der Waals surface area contributed by atoms with Crippen molar-refractivity contribution in [2.45, 2.75) is 6.92 Å². The second-order valence-electron chi connectivity index (χ2n) is 2.78. The standard InChI is InChI=1S/C10H13N3O3/c1-3-16-5-4-7-6-12-8(9(11)13-7)10(14)15-2/h4-6H,3H2,1-2H3,(H2,11,13)/b5-4-. The predicted molar refractivity (Wildman–Crippen MR) is 58.4 cm³/mol. The van der Waals surface area contributed by atoms with Crippen LogP contribution in [0.15, 0.2) is 12.5 Å². The van der Waals surface area contributed by atoms with Crippen LogP contribution in [0.25, 0.3) is 6.08 Å². The molecule has 1 rings (SSSR count). The van der Waals surface area contributed by atoms with Crippen LogP contribution in [0.5, 0.6) is 0 Å². The molecular weight excluding hydrogens is 210 g/mol. The topological polar surface area (TPSA) is 87.3 Å². The van der Waals surface area contributed by atoms with Crippen molar-refractivity contribution >= 4 is 17.9 Å². The van der Waals surface area contributed by atoms with Crippen LogP contribution in [-0.4, -0.2) is 29.7 Å². The minimum Gasteiger partial charge on any atom is -0.501 e. The van der Waals surface area contributed by atoms with E-state index >= 15 is 0 Å². The predicted octanol–water partition coefficient (Wildman–Crippen LogP) is 0.853. The molecule has 0 fully saturated rings. The number of esters is 1. The molecule has 0 amide bonds. The first-order valence-electron chi connectivity index (χ1n) is 4.68. The minimum absolute atomic E-state index is 0.0102. The summed E-state index contributed by atoms with van der Waals surface area (Å²) in [6.07, 6.45) is 4.51. The van der Waals surface area contributed by atoms with Crippen LogP contribution in [-0.2, 0) is 9.47 Å². The van der Waals surface area contributed by atoms with E-state index in [0.717, 1.165) is 0 Å². The van der Waals surface area contributed by atoms with Gasteiger partial charge in [0.2, 0.25) is 0 Å². The summed E-state index contributed by atoms with van der Waals surface area (Å²) in [7, 11) is 1.26. The Bertz CT molecular complexity index is 404. The van der Waals surface area contributed by atoms with E-state index in [1.807, 2.05) is 6.92 Å². The first-order chi connectivity index (χ1) is 7.69. The molecule has 0 saturated heterocycles. The smallest absolute Gasteiger partial charge is 0.360 e. The SMILES string of the molecule is CCO/C=C\c1cnc(C(=O)OC)c(N)n1.